The highest BCUT2D eigenvalue weighted by Crippen LogP contribution is 2.23. The summed E-state index contributed by atoms with van der Waals surface area (Å²) in [6, 6.07) is 0.653. The maximum absolute atomic E-state index is 5.40. The first-order valence-electron chi connectivity index (χ1n) is 4.68. The third-order valence-electron chi connectivity index (χ3n) is 2.34. The third kappa shape index (κ3) is 2.64. The van der Waals surface area contributed by atoms with E-state index < -0.39 is 0 Å². The molecule has 0 bridgehead atoms. The molecule has 0 radical (unpaired) electrons. The Morgan fingerprint density at radius 3 is 2.92 bits per heavy atom. The Hall–Kier alpha value is 0.270. The average molecular weight is 189 g/mol. The lowest BCUT2D eigenvalue weighted by Gasteiger charge is -2.32. The number of hydrogen-bond acceptors (Lipinski definition) is 3. The molecule has 1 heterocycles. The molecule has 1 aliphatic rings. The van der Waals surface area contributed by atoms with Gasteiger partial charge in [0.05, 0.1) is 11.5 Å². The molecule has 0 aromatic rings. The Bertz CT molecular complexity index is 128. The lowest BCUT2D eigenvalue weighted by Crippen LogP contribution is -2.46. The summed E-state index contributed by atoms with van der Waals surface area (Å²) in [5.74, 6) is 1.26. The van der Waals surface area contributed by atoms with E-state index in [1.54, 1.807) is 7.11 Å². The molecule has 1 rings (SSSR count). The van der Waals surface area contributed by atoms with Gasteiger partial charge in [-0.05, 0) is 25.5 Å². The molecule has 1 saturated heterocycles. The lowest BCUT2D eigenvalue weighted by atomic mass is 10.2. The lowest BCUT2D eigenvalue weighted by molar-refractivity contribution is 0.0856. The smallest absolute Gasteiger partial charge is 0.0815 e. The highest BCUT2D eigenvalue weighted by molar-refractivity contribution is 7.99. The predicted molar refractivity (Wildman–Crippen MR) is 54.5 cm³/mol. The summed E-state index contributed by atoms with van der Waals surface area (Å²) >= 11 is 1.99. The van der Waals surface area contributed by atoms with E-state index in [0.29, 0.717) is 17.5 Å². The van der Waals surface area contributed by atoms with Crippen LogP contribution in [0, 0.1) is 0 Å². The van der Waals surface area contributed by atoms with Crippen molar-refractivity contribution in [1.29, 1.82) is 0 Å². The second kappa shape index (κ2) is 5.10. The van der Waals surface area contributed by atoms with Crippen molar-refractivity contribution in [2.24, 2.45) is 0 Å². The van der Waals surface area contributed by atoms with Crippen LogP contribution in [0.1, 0.15) is 26.7 Å². The fraction of sp³-hybridized carbons (Fsp3) is 1.00. The average Bonchev–Trinajstić information content (AvgIpc) is 2.07. The van der Waals surface area contributed by atoms with Crippen molar-refractivity contribution in [2.45, 2.75) is 44.2 Å². The van der Waals surface area contributed by atoms with Crippen LogP contribution in [-0.4, -0.2) is 30.4 Å². The fourth-order valence-electron chi connectivity index (χ4n) is 1.50. The monoisotopic (exact) mass is 189 g/mol. The van der Waals surface area contributed by atoms with Crippen LogP contribution in [-0.2, 0) is 4.74 Å². The summed E-state index contributed by atoms with van der Waals surface area (Å²) in [4.78, 5) is 0. The highest BCUT2D eigenvalue weighted by Gasteiger charge is 2.24. The number of nitrogens with one attached hydrogen (secondary N) is 1. The molecule has 0 saturated carbocycles. The van der Waals surface area contributed by atoms with Crippen LogP contribution in [0.25, 0.3) is 0 Å². The fourth-order valence-corrected chi connectivity index (χ4v) is 3.09. The quantitative estimate of drug-likeness (QED) is 0.732. The number of ether oxygens (including phenoxy) is 1. The van der Waals surface area contributed by atoms with E-state index in [1.165, 1.54) is 12.2 Å². The Kier molecular flexibility index (Phi) is 4.40. The number of hydrogen-bond donors (Lipinski definition) is 1. The molecule has 1 aliphatic heterocycles. The van der Waals surface area contributed by atoms with Gasteiger partial charge in [0.15, 0.2) is 0 Å². The first kappa shape index (κ1) is 10.4. The third-order valence-corrected chi connectivity index (χ3v) is 3.61. The number of rotatable bonds is 3. The van der Waals surface area contributed by atoms with E-state index >= 15 is 0 Å². The number of thioether (sulfide) groups is 1. The van der Waals surface area contributed by atoms with Gasteiger partial charge in [-0.3, -0.25) is 0 Å². The van der Waals surface area contributed by atoms with Crippen LogP contribution in [0.2, 0.25) is 0 Å². The summed E-state index contributed by atoms with van der Waals surface area (Å²) in [5, 5.41) is 4.06. The topological polar surface area (TPSA) is 21.3 Å². The molecule has 1 N–H and O–H groups in total. The SMILES string of the molecule is CCC(OC)C1NC(C)CCS1. The largest absolute Gasteiger partial charge is 0.379 e. The first-order chi connectivity index (χ1) is 5.77. The van der Waals surface area contributed by atoms with Crippen LogP contribution in [0.5, 0.6) is 0 Å². The molecular weight excluding hydrogens is 170 g/mol. The van der Waals surface area contributed by atoms with Crippen LogP contribution in [0.3, 0.4) is 0 Å². The van der Waals surface area contributed by atoms with Gasteiger partial charge in [-0.25, -0.2) is 0 Å². The van der Waals surface area contributed by atoms with E-state index in [0.717, 1.165) is 6.42 Å². The minimum atomic E-state index is 0.373. The van der Waals surface area contributed by atoms with Gasteiger partial charge in [0, 0.05) is 13.2 Å². The normalized spacial score (nSPS) is 33.2. The molecule has 12 heavy (non-hydrogen) atoms. The summed E-state index contributed by atoms with van der Waals surface area (Å²) in [6.45, 7) is 4.42. The highest BCUT2D eigenvalue weighted by atomic mass is 32.2. The zero-order valence-electron chi connectivity index (χ0n) is 8.17. The van der Waals surface area contributed by atoms with Crippen LogP contribution in [0.4, 0.5) is 0 Å². The molecule has 1 fully saturated rings. The number of methoxy groups -OCH3 is 1. The van der Waals surface area contributed by atoms with Crippen LogP contribution >= 0.6 is 11.8 Å². The van der Waals surface area contributed by atoms with Crippen molar-refractivity contribution in [3.63, 3.8) is 0 Å². The standard InChI is InChI=1S/C9H19NOS/c1-4-8(11-3)9-10-7(2)5-6-12-9/h7-10H,4-6H2,1-3H3. The zero-order chi connectivity index (χ0) is 8.97. The molecule has 0 aromatic heterocycles. The molecule has 0 amide bonds. The molecule has 3 heteroatoms. The zero-order valence-corrected chi connectivity index (χ0v) is 8.99. The second-order valence-electron chi connectivity index (χ2n) is 3.33. The Labute approximate surface area is 79.4 Å². The van der Waals surface area contributed by atoms with Crippen LogP contribution < -0.4 is 5.32 Å². The summed E-state index contributed by atoms with van der Waals surface area (Å²) in [6.07, 6.45) is 2.74. The molecule has 0 aromatic carbocycles. The molecule has 0 spiro atoms. The summed E-state index contributed by atoms with van der Waals surface area (Å²) in [7, 11) is 1.80. The molecule has 2 nitrogen and oxygen atoms in total. The van der Waals surface area contributed by atoms with E-state index in [2.05, 4.69) is 19.2 Å². The van der Waals surface area contributed by atoms with E-state index in [1.807, 2.05) is 11.8 Å². The van der Waals surface area contributed by atoms with Crippen molar-refractivity contribution >= 4 is 11.8 Å². The van der Waals surface area contributed by atoms with E-state index in [9.17, 15) is 0 Å². The van der Waals surface area contributed by atoms with Crippen molar-refractivity contribution in [3.05, 3.63) is 0 Å². The Morgan fingerprint density at radius 2 is 2.42 bits per heavy atom. The van der Waals surface area contributed by atoms with E-state index in [-0.39, 0.29) is 0 Å². The Morgan fingerprint density at radius 1 is 1.67 bits per heavy atom. The van der Waals surface area contributed by atoms with Gasteiger partial charge in [0.25, 0.3) is 0 Å². The minimum absolute atomic E-state index is 0.373. The van der Waals surface area contributed by atoms with E-state index in [4.69, 9.17) is 4.74 Å². The van der Waals surface area contributed by atoms with Gasteiger partial charge >= 0.3 is 0 Å². The van der Waals surface area contributed by atoms with Crippen molar-refractivity contribution < 1.29 is 4.74 Å². The molecule has 3 unspecified atom stereocenters. The van der Waals surface area contributed by atoms with Gasteiger partial charge in [0.2, 0.25) is 0 Å². The van der Waals surface area contributed by atoms with Crippen LogP contribution in [0.15, 0.2) is 0 Å². The summed E-state index contributed by atoms with van der Waals surface area (Å²) < 4.78 is 5.40. The maximum Gasteiger partial charge on any atom is 0.0815 e. The van der Waals surface area contributed by atoms with Gasteiger partial charge in [-0.2, -0.15) is 0 Å². The second-order valence-corrected chi connectivity index (χ2v) is 4.58. The summed E-state index contributed by atoms with van der Waals surface area (Å²) in [5.41, 5.74) is 0. The van der Waals surface area contributed by atoms with Gasteiger partial charge in [0.1, 0.15) is 0 Å². The minimum Gasteiger partial charge on any atom is -0.379 e. The molecule has 0 aliphatic carbocycles. The first-order valence-corrected chi connectivity index (χ1v) is 5.73. The van der Waals surface area contributed by atoms with Gasteiger partial charge in [-0.1, -0.05) is 6.92 Å². The van der Waals surface area contributed by atoms with Gasteiger partial charge < -0.3 is 10.1 Å². The maximum atomic E-state index is 5.40. The molecule has 72 valence electrons. The van der Waals surface area contributed by atoms with Gasteiger partial charge in [-0.15, -0.1) is 11.8 Å². The molecule has 3 atom stereocenters. The predicted octanol–water partition coefficient (Wildman–Crippen LogP) is 1.85. The van der Waals surface area contributed by atoms with Crippen molar-refractivity contribution in [2.75, 3.05) is 12.9 Å². The Balaban J connectivity index is 2.38. The van der Waals surface area contributed by atoms with Crippen molar-refractivity contribution in [3.8, 4) is 0 Å². The van der Waals surface area contributed by atoms with Crippen molar-refractivity contribution in [1.82, 2.24) is 5.32 Å². The molecular formula is C9H19NOS.